The van der Waals surface area contributed by atoms with Crippen LogP contribution in [-0.4, -0.2) is 42.0 Å². The van der Waals surface area contributed by atoms with E-state index in [1.807, 2.05) is 0 Å². The summed E-state index contributed by atoms with van der Waals surface area (Å²) in [4.78, 5) is 18.0. The molecule has 0 radical (unpaired) electrons. The van der Waals surface area contributed by atoms with E-state index in [9.17, 15) is 25.0 Å². The summed E-state index contributed by atoms with van der Waals surface area (Å²) < 4.78 is 14.3. The molecule has 6 N–H and O–H groups in total. The number of hydrogen-bond acceptors (Lipinski definition) is 5. The molecule has 0 heterocycles. The molecule has 0 aromatic heterocycles. The molecule has 1 aromatic rings. The van der Waals surface area contributed by atoms with Gasteiger partial charge in [-0.2, -0.15) is 4.76 Å². The molecule has 2 atom stereocenters. The van der Waals surface area contributed by atoms with Crippen molar-refractivity contribution >= 4 is 13.5 Å². The average molecular weight is 369 g/mol. The van der Waals surface area contributed by atoms with Crippen LogP contribution in [0.25, 0.3) is 0 Å². The van der Waals surface area contributed by atoms with Gasteiger partial charge < -0.3 is 30.2 Å². The van der Waals surface area contributed by atoms with E-state index in [2.05, 4.69) is 4.76 Å². The van der Waals surface area contributed by atoms with Crippen LogP contribution in [0.3, 0.4) is 0 Å². The Morgan fingerprint density at radius 2 is 1.72 bits per heavy atom. The first-order valence-corrected chi connectivity index (χ1v) is 9.15. The minimum atomic E-state index is -4.78. The first-order chi connectivity index (χ1) is 11.7. The zero-order chi connectivity index (χ0) is 18.6. The van der Waals surface area contributed by atoms with E-state index in [0.29, 0.717) is 12.8 Å². The Morgan fingerprint density at radius 3 is 2.32 bits per heavy atom. The molecule has 1 aliphatic carbocycles. The van der Waals surface area contributed by atoms with E-state index in [4.69, 9.17) is 9.79 Å². The Labute approximate surface area is 144 Å². The number of aliphatic hydroxyl groups is 3. The van der Waals surface area contributed by atoms with E-state index >= 15 is 0 Å². The maximum Gasteiger partial charge on any atom is 0.448 e. The van der Waals surface area contributed by atoms with Crippen LogP contribution in [0, 0.1) is 5.92 Å². The molecule has 2 rings (SSSR count). The summed E-state index contributed by atoms with van der Waals surface area (Å²) in [5, 5.41) is 39.0. The quantitative estimate of drug-likeness (QED) is 0.420. The second-order valence-corrected chi connectivity index (χ2v) is 7.01. The molecular weight excluding hydrogens is 349 g/mol. The van der Waals surface area contributed by atoms with Gasteiger partial charge in [0, 0.05) is 12.2 Å². The molecule has 0 saturated carbocycles. The van der Waals surface area contributed by atoms with E-state index in [-0.39, 0.29) is 17.9 Å². The minimum Gasteiger partial charge on any atom is -0.511 e. The second kappa shape index (κ2) is 7.84. The molecule has 9 heteroatoms. The Bertz CT molecular complexity index is 748. The Kier molecular flexibility index (Phi) is 6.02. The van der Waals surface area contributed by atoms with Crippen molar-refractivity contribution in [2.24, 2.45) is 10.7 Å². The molecule has 0 aliphatic heterocycles. The van der Waals surface area contributed by atoms with Crippen molar-refractivity contribution in [2.45, 2.75) is 25.4 Å². The van der Waals surface area contributed by atoms with Gasteiger partial charge >= 0.3 is 7.75 Å². The molecule has 0 fully saturated rings. The number of phenolic OH excluding ortho intramolecular Hbond substituents is 1. The number of aliphatic hydroxyl groups excluding tert-OH is 3. The number of aryl methyl sites for hydroxylation is 1. The molecule has 1 aromatic carbocycles. The third-order valence-corrected chi connectivity index (χ3v) is 4.25. The van der Waals surface area contributed by atoms with Gasteiger partial charge in [-0.15, -0.1) is 0 Å². The summed E-state index contributed by atoms with van der Waals surface area (Å²) in [5.41, 5.74) is 0.679. The van der Waals surface area contributed by atoms with Crippen molar-refractivity contribution in [2.75, 3.05) is 0 Å². The first-order valence-electron chi connectivity index (χ1n) is 7.58. The predicted molar refractivity (Wildman–Crippen MR) is 91.4 cm³/mol. The fraction of sp³-hybridized carbons (Fsp3) is 0.312. The zero-order valence-electron chi connectivity index (χ0n) is 13.2. The number of phenols is 1. The largest absolute Gasteiger partial charge is 0.511 e. The highest BCUT2D eigenvalue weighted by Crippen LogP contribution is 2.39. The molecule has 0 amide bonds. The van der Waals surface area contributed by atoms with Crippen LogP contribution in [0.5, 0.6) is 5.75 Å². The van der Waals surface area contributed by atoms with Crippen LogP contribution in [0.4, 0.5) is 0 Å². The molecule has 0 spiro atoms. The fourth-order valence-electron chi connectivity index (χ4n) is 2.66. The van der Waals surface area contributed by atoms with Gasteiger partial charge in [-0.1, -0.05) is 12.1 Å². The summed E-state index contributed by atoms with van der Waals surface area (Å²) in [5.74, 6) is -1.78. The highest BCUT2D eigenvalue weighted by atomic mass is 31.2. The van der Waals surface area contributed by atoms with Crippen LogP contribution < -0.4 is 0 Å². The molecule has 0 bridgehead atoms. The number of benzene rings is 1. The number of aromatic hydroxyl groups is 1. The molecular formula is C16H20NO7P. The summed E-state index contributed by atoms with van der Waals surface area (Å²) in [6.07, 6.45) is 2.26. The van der Waals surface area contributed by atoms with Gasteiger partial charge in [-0.05, 0) is 37.0 Å². The van der Waals surface area contributed by atoms with E-state index in [0.717, 1.165) is 17.7 Å². The van der Waals surface area contributed by atoms with Crippen molar-refractivity contribution in [1.82, 2.24) is 0 Å². The Hall–Kier alpha value is -2.12. The maximum atomic E-state index is 11.1. The van der Waals surface area contributed by atoms with Crippen molar-refractivity contribution in [1.29, 1.82) is 0 Å². The maximum absolute atomic E-state index is 11.1. The van der Waals surface area contributed by atoms with Crippen molar-refractivity contribution in [3.05, 3.63) is 53.5 Å². The highest BCUT2D eigenvalue weighted by Gasteiger charge is 2.32. The third-order valence-electron chi connectivity index (χ3n) is 3.76. The van der Waals surface area contributed by atoms with Crippen molar-refractivity contribution in [3.63, 3.8) is 0 Å². The first kappa shape index (κ1) is 19.2. The van der Waals surface area contributed by atoms with Crippen LogP contribution in [0.15, 0.2) is 52.7 Å². The zero-order valence-corrected chi connectivity index (χ0v) is 14.1. The van der Waals surface area contributed by atoms with Crippen LogP contribution in [0.1, 0.15) is 18.4 Å². The van der Waals surface area contributed by atoms with Crippen LogP contribution >= 0.6 is 7.75 Å². The van der Waals surface area contributed by atoms with Gasteiger partial charge in [0.05, 0.1) is 17.7 Å². The van der Waals surface area contributed by atoms with Gasteiger partial charge in [0.2, 0.25) is 0 Å². The Balaban J connectivity index is 2.06. The van der Waals surface area contributed by atoms with Gasteiger partial charge in [-0.25, -0.2) is 4.57 Å². The molecule has 8 nitrogen and oxygen atoms in total. The lowest BCUT2D eigenvalue weighted by Gasteiger charge is -2.25. The normalized spacial score (nSPS) is 20.9. The van der Waals surface area contributed by atoms with Gasteiger partial charge in [-0.3, -0.25) is 0 Å². The van der Waals surface area contributed by atoms with E-state index in [1.165, 1.54) is 0 Å². The predicted octanol–water partition coefficient (Wildman–Crippen LogP) is 2.12. The van der Waals surface area contributed by atoms with E-state index in [1.54, 1.807) is 24.3 Å². The van der Waals surface area contributed by atoms with Gasteiger partial charge in [0.25, 0.3) is 0 Å². The number of allylic oxidation sites excluding steroid dienone is 2. The second-order valence-electron chi connectivity index (χ2n) is 5.78. The SMILES string of the molecule is O=P(O)(O)N=C1C=C(O)C=C(O)C1C(O)CCCc1ccc(O)cc1. The summed E-state index contributed by atoms with van der Waals surface area (Å²) in [6.45, 7) is 0. The van der Waals surface area contributed by atoms with E-state index < -0.39 is 31.3 Å². The van der Waals surface area contributed by atoms with Crippen LogP contribution in [0.2, 0.25) is 0 Å². The number of rotatable bonds is 6. The lowest BCUT2D eigenvalue weighted by molar-refractivity contribution is 0.119. The third kappa shape index (κ3) is 5.72. The monoisotopic (exact) mass is 369 g/mol. The lowest BCUT2D eigenvalue weighted by atomic mass is 9.87. The molecule has 136 valence electrons. The smallest absolute Gasteiger partial charge is 0.448 e. The molecule has 25 heavy (non-hydrogen) atoms. The number of hydrogen-bond donors (Lipinski definition) is 6. The van der Waals surface area contributed by atoms with Gasteiger partial charge in [0.1, 0.15) is 17.3 Å². The topological polar surface area (TPSA) is 151 Å². The standard InChI is InChI=1S/C16H20NO7P/c18-11-6-4-10(5-7-11)2-1-3-14(20)16-13(17-25(22,23)24)8-12(19)9-15(16)21/h4-9,14,16,18-21H,1-3H2,(H2,22,23,24). The van der Waals surface area contributed by atoms with Crippen LogP contribution in [-0.2, 0) is 11.0 Å². The number of nitrogens with zero attached hydrogens (tertiary/aromatic N) is 1. The minimum absolute atomic E-state index is 0.158. The van der Waals surface area contributed by atoms with Crippen molar-refractivity contribution in [3.8, 4) is 5.75 Å². The highest BCUT2D eigenvalue weighted by molar-refractivity contribution is 7.50. The summed E-state index contributed by atoms with van der Waals surface area (Å²) in [6, 6.07) is 6.61. The van der Waals surface area contributed by atoms with Gasteiger partial charge in [0.15, 0.2) is 0 Å². The molecule has 2 unspecified atom stereocenters. The lowest BCUT2D eigenvalue weighted by Crippen LogP contribution is -2.31. The summed E-state index contributed by atoms with van der Waals surface area (Å²) >= 11 is 0. The Morgan fingerprint density at radius 1 is 1.08 bits per heavy atom. The average Bonchev–Trinajstić information content (AvgIpc) is 2.46. The fourth-order valence-corrected chi connectivity index (χ4v) is 3.14. The molecule has 1 aliphatic rings. The molecule has 0 saturated heterocycles. The van der Waals surface area contributed by atoms with Crippen molar-refractivity contribution < 1.29 is 34.8 Å². The summed E-state index contributed by atoms with van der Waals surface area (Å²) in [7, 11) is -4.78.